The lowest BCUT2D eigenvalue weighted by molar-refractivity contribution is -0.120. The number of hydrogen-bond acceptors (Lipinski definition) is 5. The van der Waals surface area contributed by atoms with Crippen LogP contribution < -0.4 is 10.2 Å². The molecule has 2 aliphatic heterocycles. The summed E-state index contributed by atoms with van der Waals surface area (Å²) in [5.74, 6) is -0.0125. The second-order valence-corrected chi connectivity index (χ2v) is 9.95. The van der Waals surface area contributed by atoms with Crippen LogP contribution in [0.1, 0.15) is 29.6 Å². The first-order chi connectivity index (χ1) is 16.7. The monoisotopic (exact) mass is 475 g/mol. The maximum atomic E-state index is 13.3. The van der Waals surface area contributed by atoms with Gasteiger partial charge in [0.15, 0.2) is 0 Å². The predicted molar refractivity (Wildman–Crippen MR) is 137 cm³/mol. The maximum Gasteiger partial charge on any atom is 0.258 e. The summed E-state index contributed by atoms with van der Waals surface area (Å²) in [7, 11) is 1.67. The highest BCUT2D eigenvalue weighted by molar-refractivity contribution is 7.97. The normalized spacial score (nSPS) is 18.0. The highest BCUT2D eigenvalue weighted by Gasteiger charge is 2.31. The van der Waals surface area contributed by atoms with Gasteiger partial charge in [-0.05, 0) is 61.5 Å². The topological polar surface area (TPSA) is 61.9 Å². The minimum absolute atomic E-state index is 0.0149. The Balaban J connectivity index is 1.33. The Morgan fingerprint density at radius 2 is 1.97 bits per heavy atom. The van der Waals surface area contributed by atoms with Crippen molar-refractivity contribution >= 4 is 45.9 Å². The van der Waals surface area contributed by atoms with Gasteiger partial charge >= 0.3 is 0 Å². The van der Waals surface area contributed by atoms with Gasteiger partial charge in [0.25, 0.3) is 5.91 Å². The van der Waals surface area contributed by atoms with Crippen LogP contribution in [0.15, 0.2) is 65.6 Å². The van der Waals surface area contributed by atoms with E-state index in [9.17, 15) is 9.59 Å². The molecule has 0 spiro atoms. The summed E-state index contributed by atoms with van der Waals surface area (Å²) in [4.78, 5) is 29.3. The Labute approximate surface area is 204 Å². The van der Waals surface area contributed by atoms with E-state index >= 15 is 0 Å². The summed E-state index contributed by atoms with van der Waals surface area (Å²) in [5, 5.41) is 5.02. The third-order valence-electron chi connectivity index (χ3n) is 6.51. The quantitative estimate of drug-likeness (QED) is 0.359. The molecule has 2 aliphatic rings. The Morgan fingerprint density at radius 3 is 2.79 bits per heavy atom. The van der Waals surface area contributed by atoms with E-state index in [2.05, 4.69) is 21.8 Å². The minimum Gasteiger partial charge on any atom is -0.385 e. The van der Waals surface area contributed by atoms with E-state index in [-0.39, 0.29) is 17.7 Å². The molecule has 5 rings (SSSR count). The lowest BCUT2D eigenvalue weighted by atomic mass is 9.98. The van der Waals surface area contributed by atoms with Gasteiger partial charge in [-0.1, -0.05) is 30.3 Å². The smallest absolute Gasteiger partial charge is 0.258 e. The molecule has 0 radical (unpaired) electrons. The minimum atomic E-state index is -0.0693. The van der Waals surface area contributed by atoms with Crippen LogP contribution in [-0.4, -0.2) is 49.5 Å². The number of rotatable bonds is 8. The molecule has 176 valence electrons. The third-order valence-corrected chi connectivity index (χ3v) is 7.58. The third kappa shape index (κ3) is 4.56. The first kappa shape index (κ1) is 22.9. The van der Waals surface area contributed by atoms with Crippen molar-refractivity contribution in [1.29, 1.82) is 0 Å². The second kappa shape index (κ2) is 10.2. The molecule has 6 nitrogen and oxygen atoms in total. The Hall–Kier alpha value is -2.87. The molecule has 0 aliphatic carbocycles. The number of carbonyl (C=O) groups is 2. The molecule has 2 amide bonds. The number of nitrogens with zero attached hydrogens (tertiary/aromatic N) is 2. The predicted octanol–water partition coefficient (Wildman–Crippen LogP) is 5.19. The SMILES string of the molecule is COCCCN1C(=O)c2cccc3c(NC(=O)C4CCCN(Sc5ccccc5)C4)ccc1c23. The van der Waals surface area contributed by atoms with E-state index in [1.54, 1.807) is 19.1 Å². The van der Waals surface area contributed by atoms with Gasteiger partial charge in [0.2, 0.25) is 5.91 Å². The van der Waals surface area contributed by atoms with E-state index in [0.717, 1.165) is 54.5 Å². The summed E-state index contributed by atoms with van der Waals surface area (Å²) in [6.07, 6.45) is 2.65. The molecule has 0 aromatic heterocycles. The average molecular weight is 476 g/mol. The van der Waals surface area contributed by atoms with Crippen molar-refractivity contribution in [2.24, 2.45) is 5.92 Å². The van der Waals surface area contributed by atoms with Crippen LogP contribution in [0.2, 0.25) is 0 Å². The number of piperidine rings is 1. The van der Waals surface area contributed by atoms with Crippen molar-refractivity contribution < 1.29 is 14.3 Å². The second-order valence-electron chi connectivity index (χ2n) is 8.78. The van der Waals surface area contributed by atoms with Gasteiger partial charge in [0.05, 0.1) is 11.6 Å². The molecule has 1 unspecified atom stereocenters. The number of methoxy groups -OCH3 is 1. The van der Waals surface area contributed by atoms with Crippen molar-refractivity contribution in [2.75, 3.05) is 43.6 Å². The molecule has 3 aromatic rings. The molecule has 0 bridgehead atoms. The summed E-state index contributed by atoms with van der Waals surface area (Å²) >= 11 is 1.72. The average Bonchev–Trinajstić information content (AvgIpc) is 3.14. The zero-order valence-corrected chi connectivity index (χ0v) is 20.1. The largest absolute Gasteiger partial charge is 0.385 e. The molecular weight excluding hydrogens is 446 g/mol. The van der Waals surface area contributed by atoms with Crippen LogP contribution >= 0.6 is 11.9 Å². The van der Waals surface area contributed by atoms with Gasteiger partial charge < -0.3 is 15.0 Å². The van der Waals surface area contributed by atoms with Crippen molar-refractivity contribution in [3.05, 3.63) is 66.2 Å². The molecule has 34 heavy (non-hydrogen) atoms. The molecule has 2 heterocycles. The number of nitrogens with one attached hydrogen (secondary N) is 1. The molecule has 1 saturated heterocycles. The molecule has 1 atom stereocenters. The Morgan fingerprint density at radius 1 is 1.12 bits per heavy atom. The van der Waals surface area contributed by atoms with Crippen LogP contribution in [0.5, 0.6) is 0 Å². The molecular formula is C27H29N3O3S. The maximum absolute atomic E-state index is 13.3. The van der Waals surface area contributed by atoms with Crippen LogP contribution in [0.4, 0.5) is 11.4 Å². The van der Waals surface area contributed by atoms with Gasteiger partial charge in [-0.3, -0.25) is 9.59 Å². The van der Waals surface area contributed by atoms with Gasteiger partial charge in [-0.15, -0.1) is 0 Å². The number of benzene rings is 3. The first-order valence-electron chi connectivity index (χ1n) is 11.8. The number of ether oxygens (including phenoxy) is 1. The van der Waals surface area contributed by atoms with Gasteiger partial charge in [-0.25, -0.2) is 4.31 Å². The zero-order chi connectivity index (χ0) is 23.5. The summed E-state index contributed by atoms with van der Waals surface area (Å²) < 4.78 is 7.44. The first-order valence-corrected chi connectivity index (χ1v) is 12.6. The van der Waals surface area contributed by atoms with Crippen molar-refractivity contribution in [2.45, 2.75) is 24.2 Å². The molecule has 1 N–H and O–H groups in total. The standard InChI is InChI=1S/C27H29N3O3S/c1-33-17-7-16-30-24-14-13-23(21-11-5-12-22(25(21)24)27(30)32)28-26(31)19-8-6-15-29(18-19)34-20-9-3-2-4-10-20/h2-5,9-14,19H,6-8,15-18H2,1H3,(H,28,31). The van der Waals surface area contributed by atoms with Crippen molar-refractivity contribution in [3.8, 4) is 0 Å². The lowest BCUT2D eigenvalue weighted by Crippen LogP contribution is -2.37. The van der Waals surface area contributed by atoms with Crippen LogP contribution in [0, 0.1) is 5.92 Å². The summed E-state index contributed by atoms with van der Waals surface area (Å²) in [6, 6.07) is 19.9. The fourth-order valence-electron chi connectivity index (χ4n) is 4.85. The molecule has 7 heteroatoms. The summed E-state index contributed by atoms with van der Waals surface area (Å²) in [6.45, 7) is 2.92. The van der Waals surface area contributed by atoms with Crippen molar-refractivity contribution in [1.82, 2.24) is 4.31 Å². The van der Waals surface area contributed by atoms with E-state index in [4.69, 9.17) is 4.74 Å². The fraction of sp³-hybridized carbons (Fsp3) is 0.333. The molecule has 0 saturated carbocycles. The number of anilines is 2. The van der Waals surface area contributed by atoms with Crippen LogP contribution in [-0.2, 0) is 9.53 Å². The van der Waals surface area contributed by atoms with Crippen LogP contribution in [0.3, 0.4) is 0 Å². The van der Waals surface area contributed by atoms with Gasteiger partial charge in [0.1, 0.15) is 0 Å². The number of hydrogen-bond donors (Lipinski definition) is 1. The molecule has 3 aromatic carbocycles. The Bertz CT molecular complexity index is 1200. The van der Waals surface area contributed by atoms with E-state index in [1.165, 1.54) is 4.90 Å². The Kier molecular flexibility index (Phi) is 6.85. The van der Waals surface area contributed by atoms with E-state index in [1.807, 2.05) is 53.4 Å². The highest BCUT2D eigenvalue weighted by Crippen LogP contribution is 2.41. The van der Waals surface area contributed by atoms with Crippen molar-refractivity contribution in [3.63, 3.8) is 0 Å². The fourth-order valence-corrected chi connectivity index (χ4v) is 5.90. The van der Waals surface area contributed by atoms with Gasteiger partial charge in [0, 0.05) is 60.3 Å². The van der Waals surface area contributed by atoms with Crippen LogP contribution in [0.25, 0.3) is 10.8 Å². The lowest BCUT2D eigenvalue weighted by Gasteiger charge is -2.31. The number of carbonyl (C=O) groups excluding carboxylic acids is 2. The van der Waals surface area contributed by atoms with E-state index < -0.39 is 0 Å². The molecule has 1 fully saturated rings. The zero-order valence-electron chi connectivity index (χ0n) is 19.3. The number of amides is 2. The summed E-state index contributed by atoms with van der Waals surface area (Å²) in [5.41, 5.74) is 2.38. The van der Waals surface area contributed by atoms with E-state index in [0.29, 0.717) is 18.7 Å². The highest BCUT2D eigenvalue weighted by atomic mass is 32.2. The van der Waals surface area contributed by atoms with Gasteiger partial charge in [-0.2, -0.15) is 0 Å².